The average Bonchev–Trinajstić information content (AvgIpc) is 2.90. The van der Waals surface area contributed by atoms with Crippen LogP contribution in [-0.2, 0) is 18.9 Å². The normalized spacial score (nSPS) is 14.3. The second-order valence-electron chi connectivity index (χ2n) is 9.24. The largest absolute Gasteiger partial charge is 0.661 e. The summed E-state index contributed by atoms with van der Waals surface area (Å²) < 4.78 is 80.1. The van der Waals surface area contributed by atoms with Crippen LogP contribution < -0.4 is 9.64 Å². The minimum Gasteiger partial charge on any atom is -0.661 e. The maximum Gasteiger partial charge on any atom is 0.416 e. The summed E-state index contributed by atoms with van der Waals surface area (Å²) in [6, 6.07) is 8.86. The van der Waals surface area contributed by atoms with Gasteiger partial charge in [-0.2, -0.15) is 38.4 Å². The summed E-state index contributed by atoms with van der Waals surface area (Å²) in [5, 5.41) is 12.9. The van der Waals surface area contributed by atoms with Crippen molar-refractivity contribution in [2.75, 3.05) is 45.2 Å². The van der Waals surface area contributed by atoms with Crippen molar-refractivity contribution in [3.63, 3.8) is 0 Å². The topological polar surface area (TPSA) is 92.9 Å². The number of hydrogen-bond donors (Lipinski definition) is 1. The number of benzene rings is 2. The highest BCUT2D eigenvalue weighted by atomic mass is 19.4. The highest BCUT2D eigenvalue weighted by Gasteiger charge is 2.36. The van der Waals surface area contributed by atoms with Crippen molar-refractivity contribution in [1.82, 2.24) is 14.9 Å². The fourth-order valence-corrected chi connectivity index (χ4v) is 3.81. The number of aryl methyl sites for hydroxylation is 1. The number of anilines is 1. The molecule has 0 spiro atoms. The minimum atomic E-state index is -4.80. The molecule has 8 nitrogen and oxygen atoms in total. The van der Waals surface area contributed by atoms with E-state index in [9.17, 15) is 36.2 Å². The Labute approximate surface area is 232 Å². The zero-order chi connectivity index (χ0) is 30.4. The molecule has 1 aliphatic rings. The van der Waals surface area contributed by atoms with Crippen LogP contribution in [0.25, 0.3) is 5.32 Å². The lowest BCUT2D eigenvalue weighted by atomic mass is 10.0. The van der Waals surface area contributed by atoms with E-state index in [1.165, 1.54) is 13.2 Å². The monoisotopic (exact) mass is 584 g/mol. The summed E-state index contributed by atoms with van der Waals surface area (Å²) in [6.07, 6.45) is -8.29. The number of aromatic nitrogens is 2. The number of alkyl halides is 6. The number of carboxylic acids is 1. The Bertz CT molecular complexity index is 1310. The molecule has 0 aliphatic carbocycles. The van der Waals surface area contributed by atoms with Crippen LogP contribution in [0.1, 0.15) is 32.6 Å². The number of likely N-dealkylation sites (N-methyl/N-ethyl adjacent to an activating group) is 1. The fourth-order valence-electron chi connectivity index (χ4n) is 3.81. The summed E-state index contributed by atoms with van der Waals surface area (Å²) in [6.45, 7) is 5.14. The first-order chi connectivity index (χ1) is 19.2. The number of nitrogens with zero attached hydrogens (tertiary/aromatic N) is 5. The lowest BCUT2D eigenvalue weighted by Crippen LogP contribution is -2.45. The van der Waals surface area contributed by atoms with Crippen LogP contribution in [0.2, 0.25) is 0 Å². The van der Waals surface area contributed by atoms with Crippen LogP contribution in [0.3, 0.4) is 0 Å². The van der Waals surface area contributed by atoms with Crippen molar-refractivity contribution in [3.05, 3.63) is 81.8 Å². The van der Waals surface area contributed by atoms with E-state index in [2.05, 4.69) is 27.2 Å². The average molecular weight is 585 g/mol. The van der Waals surface area contributed by atoms with Gasteiger partial charge in [-0.25, -0.2) is 9.78 Å². The van der Waals surface area contributed by atoms with Crippen LogP contribution in [0.15, 0.2) is 48.7 Å². The third-order valence-electron chi connectivity index (χ3n) is 6.05. The molecule has 14 heteroatoms. The van der Waals surface area contributed by atoms with Gasteiger partial charge < -0.3 is 25.0 Å². The van der Waals surface area contributed by atoms with Crippen molar-refractivity contribution >= 4 is 11.9 Å². The van der Waals surface area contributed by atoms with Crippen LogP contribution in [-0.4, -0.2) is 66.2 Å². The lowest BCUT2D eigenvalue weighted by Gasteiger charge is -2.32. The Morgan fingerprint density at radius 2 is 1.59 bits per heavy atom. The third kappa shape index (κ3) is 8.79. The third-order valence-corrected chi connectivity index (χ3v) is 6.05. The van der Waals surface area contributed by atoms with Crippen molar-refractivity contribution in [2.45, 2.75) is 25.8 Å². The summed E-state index contributed by atoms with van der Waals surface area (Å²) in [5.74, 6) is 0.0453. The lowest BCUT2D eigenvalue weighted by molar-refractivity contribution is -0.143. The number of rotatable bonds is 6. The van der Waals surface area contributed by atoms with Crippen LogP contribution in [0, 0.1) is 6.92 Å². The number of para-hydroxylation sites is 1. The second kappa shape index (κ2) is 13.2. The minimum absolute atomic E-state index is 0.0452. The molecule has 222 valence electrons. The molecule has 1 aliphatic heterocycles. The Morgan fingerprint density at radius 3 is 2.10 bits per heavy atom. The number of hydrogen-bond acceptors (Lipinski definition) is 6. The van der Waals surface area contributed by atoms with E-state index in [0.29, 0.717) is 23.8 Å². The molecule has 2 heterocycles. The molecular weight excluding hydrogens is 556 g/mol. The maximum atomic E-state index is 12.4. The van der Waals surface area contributed by atoms with Crippen LogP contribution >= 0.6 is 0 Å². The van der Waals surface area contributed by atoms with Crippen molar-refractivity contribution in [2.24, 2.45) is 0 Å². The number of carboxylic acid groups (broad SMARTS) is 1. The molecule has 0 unspecified atom stereocenters. The van der Waals surface area contributed by atoms with Crippen molar-refractivity contribution in [3.8, 4) is 11.6 Å². The maximum absolute atomic E-state index is 12.4. The number of halogens is 6. The standard InChI is InChI=1S/C17H20N4O3.C10H8F6N/c1-12-5-3-4-6-14(12)24-15-13(16(22)23)11-18-17(19-15)21-9-7-20(2)8-10-21;1-17-5-6-2-7(9(11,12)13)4-8(3-6)10(14,15)16/h3-6,11H,7-10H2,1-2H3,(H,22,23);2-4H,5H2,1H3/q;-1. The molecule has 3 aromatic rings. The second-order valence-corrected chi connectivity index (χ2v) is 9.24. The van der Waals surface area contributed by atoms with Gasteiger partial charge in [0.05, 0.1) is 17.3 Å². The van der Waals surface area contributed by atoms with E-state index in [4.69, 9.17) is 4.74 Å². The molecule has 0 radical (unpaired) electrons. The van der Waals surface area contributed by atoms with E-state index in [1.807, 2.05) is 30.0 Å². The number of piperazine rings is 1. The van der Waals surface area contributed by atoms with E-state index in [1.54, 1.807) is 6.07 Å². The molecule has 41 heavy (non-hydrogen) atoms. The molecule has 0 saturated carbocycles. The van der Waals surface area contributed by atoms with Crippen LogP contribution in [0.4, 0.5) is 32.3 Å². The summed E-state index contributed by atoms with van der Waals surface area (Å²) in [5.41, 5.74) is -1.88. The molecule has 0 atom stereocenters. The molecule has 1 N–H and O–H groups in total. The first-order valence-electron chi connectivity index (χ1n) is 12.3. The summed E-state index contributed by atoms with van der Waals surface area (Å²) >= 11 is 0. The van der Waals surface area contributed by atoms with Gasteiger partial charge in [0.1, 0.15) is 11.3 Å². The SMILES string of the molecule is C[N-]Cc1cc(C(F)(F)F)cc(C(F)(F)F)c1.Cc1ccccc1Oc1nc(N2CCN(C)CC2)ncc1C(=O)O. The van der Waals surface area contributed by atoms with Gasteiger partial charge in [-0.1, -0.05) is 23.8 Å². The predicted octanol–water partition coefficient (Wildman–Crippen LogP) is 6.26. The van der Waals surface area contributed by atoms with Crippen LogP contribution in [0.5, 0.6) is 11.6 Å². The number of aromatic carboxylic acids is 1. The van der Waals surface area contributed by atoms with Gasteiger partial charge in [0.15, 0.2) is 0 Å². The van der Waals surface area contributed by atoms with Crippen molar-refractivity contribution < 1.29 is 41.0 Å². The quantitative estimate of drug-likeness (QED) is 0.342. The predicted molar refractivity (Wildman–Crippen MR) is 139 cm³/mol. The molecule has 0 bridgehead atoms. The van der Waals surface area contributed by atoms with Gasteiger partial charge in [-0.3, -0.25) is 0 Å². The highest BCUT2D eigenvalue weighted by molar-refractivity contribution is 5.90. The van der Waals surface area contributed by atoms with Gasteiger partial charge in [0.2, 0.25) is 11.8 Å². The Kier molecular flexibility index (Phi) is 10.2. The number of ether oxygens (including phenoxy) is 1. The smallest absolute Gasteiger partial charge is 0.416 e. The first-order valence-corrected chi connectivity index (χ1v) is 12.3. The van der Waals surface area contributed by atoms with Gasteiger partial charge in [0.25, 0.3) is 0 Å². The Morgan fingerprint density at radius 1 is 1.00 bits per heavy atom. The molecule has 1 saturated heterocycles. The van der Waals surface area contributed by atoms with Gasteiger partial charge in [-0.15, -0.1) is 6.54 Å². The molecular formula is C27H28F6N5O3-. The molecule has 0 amide bonds. The molecule has 4 rings (SSSR count). The van der Waals surface area contributed by atoms with E-state index >= 15 is 0 Å². The summed E-state index contributed by atoms with van der Waals surface area (Å²) in [7, 11) is 3.38. The zero-order valence-electron chi connectivity index (χ0n) is 22.4. The van der Waals surface area contributed by atoms with Crippen molar-refractivity contribution in [1.29, 1.82) is 0 Å². The first kappa shape index (κ1) is 31.6. The van der Waals surface area contributed by atoms with E-state index in [0.717, 1.165) is 31.7 Å². The molecule has 1 aromatic heterocycles. The fraction of sp³-hybridized carbons (Fsp3) is 0.370. The Hall–Kier alpha value is -3.91. The van der Waals surface area contributed by atoms with E-state index in [-0.39, 0.29) is 29.6 Å². The zero-order valence-corrected chi connectivity index (χ0v) is 22.4. The highest BCUT2D eigenvalue weighted by Crippen LogP contribution is 2.36. The number of carbonyl (C=O) groups is 1. The molecule has 1 fully saturated rings. The molecule has 2 aromatic carbocycles. The van der Waals surface area contributed by atoms with E-state index < -0.39 is 29.4 Å². The summed E-state index contributed by atoms with van der Waals surface area (Å²) in [4.78, 5) is 24.3. The van der Waals surface area contributed by atoms with Gasteiger partial charge in [-0.05, 0) is 43.8 Å². The van der Waals surface area contributed by atoms with Gasteiger partial charge in [0, 0.05) is 26.2 Å². The van der Waals surface area contributed by atoms with Gasteiger partial charge >= 0.3 is 18.3 Å². The Balaban J connectivity index is 0.000000241.